The lowest BCUT2D eigenvalue weighted by molar-refractivity contribution is -0.000998. The van der Waals surface area contributed by atoms with Gasteiger partial charge in [0.2, 0.25) is 0 Å². The summed E-state index contributed by atoms with van der Waals surface area (Å²) in [6.45, 7) is 2.00. The molecule has 0 atom stereocenters. The van der Waals surface area contributed by atoms with Gasteiger partial charge in [-0.15, -0.1) is 0 Å². The van der Waals surface area contributed by atoms with E-state index in [2.05, 4.69) is 10.5 Å². The van der Waals surface area contributed by atoms with Crippen LogP contribution in [0, 0.1) is 6.92 Å². The summed E-state index contributed by atoms with van der Waals surface area (Å²) in [4.78, 5) is 20.7. The van der Waals surface area contributed by atoms with Gasteiger partial charge < -0.3 is 4.98 Å². The van der Waals surface area contributed by atoms with E-state index >= 15 is 0 Å². The van der Waals surface area contributed by atoms with Crippen molar-refractivity contribution in [3.8, 4) is 0 Å². The quantitative estimate of drug-likeness (QED) is 0.596. The smallest absolute Gasteiger partial charge is 0.275 e. The first kappa shape index (κ1) is 10.5. The Morgan fingerprint density at radius 2 is 2.12 bits per heavy atom. The van der Waals surface area contributed by atoms with Crippen LogP contribution in [-0.2, 0) is 10.2 Å². The molecule has 4 nitrogen and oxygen atoms in total. The highest BCUT2D eigenvalue weighted by atomic mass is 16.7. The van der Waals surface area contributed by atoms with Crippen molar-refractivity contribution in [2.24, 2.45) is 0 Å². The summed E-state index contributed by atoms with van der Waals surface area (Å²) in [5, 5.41) is 0.426. The van der Waals surface area contributed by atoms with Gasteiger partial charge in [0.1, 0.15) is 15.7 Å². The first-order chi connectivity index (χ1) is 8.00. The van der Waals surface area contributed by atoms with Crippen LogP contribution in [-0.4, -0.2) is 26.6 Å². The number of amides is 1. The molecule has 0 saturated carbocycles. The van der Waals surface area contributed by atoms with Crippen LogP contribution in [0.1, 0.15) is 21.6 Å². The lowest BCUT2D eigenvalue weighted by Crippen LogP contribution is -2.37. The number of rotatable bonds is 0. The zero-order valence-electron chi connectivity index (χ0n) is 10.0. The first-order valence-electron chi connectivity index (χ1n) is 5.61. The summed E-state index contributed by atoms with van der Waals surface area (Å²) < 4.78 is 0. The maximum absolute atomic E-state index is 11.9. The molecule has 1 aromatic heterocycles. The second kappa shape index (κ2) is 3.17. The molecule has 6 heteroatoms. The Kier molecular flexibility index (Phi) is 1.95. The minimum Gasteiger partial charge on any atom is -0.358 e. The van der Waals surface area contributed by atoms with Crippen LogP contribution in [0.25, 0.3) is 10.9 Å². The molecule has 3 rings (SSSR count). The number of hydrogen-bond acceptors (Lipinski definition) is 2. The average molecular weight is 226 g/mol. The molecule has 1 aliphatic heterocycles. The predicted octanol–water partition coefficient (Wildman–Crippen LogP) is -0.472. The standard InChI is InChI=1S/C11H12B2N2O2/c1-5-9-8-6(3-2-4-7(8)14-5)10(16)15-17-11(9,12)13/h2-4,14H,12-13H2,1H3,(H,15,16). The highest BCUT2D eigenvalue weighted by Crippen LogP contribution is 2.34. The van der Waals surface area contributed by atoms with Gasteiger partial charge in [0, 0.05) is 16.6 Å². The lowest BCUT2D eigenvalue weighted by atomic mass is 9.60. The Hall–Kier alpha value is -1.68. The molecule has 84 valence electrons. The van der Waals surface area contributed by atoms with Crippen LogP contribution in [0.3, 0.4) is 0 Å². The molecular weight excluding hydrogens is 214 g/mol. The fourth-order valence-electron chi connectivity index (χ4n) is 2.60. The molecule has 1 aliphatic rings. The van der Waals surface area contributed by atoms with Gasteiger partial charge in [-0.2, -0.15) is 0 Å². The van der Waals surface area contributed by atoms with Gasteiger partial charge in [0.05, 0.1) is 11.0 Å². The van der Waals surface area contributed by atoms with Crippen molar-refractivity contribution in [3.63, 3.8) is 0 Å². The van der Waals surface area contributed by atoms with Crippen molar-refractivity contribution in [2.45, 2.75) is 12.3 Å². The number of aromatic nitrogens is 1. The van der Waals surface area contributed by atoms with Crippen LogP contribution >= 0.6 is 0 Å². The third-order valence-corrected chi connectivity index (χ3v) is 3.26. The van der Waals surface area contributed by atoms with Gasteiger partial charge in [-0.25, -0.2) is 5.48 Å². The van der Waals surface area contributed by atoms with E-state index in [0.29, 0.717) is 5.56 Å². The summed E-state index contributed by atoms with van der Waals surface area (Å²) in [6.07, 6.45) is 0. The van der Waals surface area contributed by atoms with Crippen molar-refractivity contribution in [1.82, 2.24) is 10.5 Å². The zero-order valence-corrected chi connectivity index (χ0v) is 10.0. The van der Waals surface area contributed by atoms with Crippen molar-refractivity contribution >= 4 is 32.5 Å². The maximum atomic E-state index is 11.9. The van der Waals surface area contributed by atoms with Crippen molar-refractivity contribution in [3.05, 3.63) is 35.0 Å². The van der Waals surface area contributed by atoms with E-state index in [1.807, 2.05) is 40.8 Å². The summed E-state index contributed by atoms with van der Waals surface area (Å²) in [5.74, 6) is -0.193. The fourth-order valence-corrected chi connectivity index (χ4v) is 2.60. The van der Waals surface area contributed by atoms with Crippen molar-refractivity contribution in [1.29, 1.82) is 0 Å². The van der Waals surface area contributed by atoms with Gasteiger partial charge >= 0.3 is 0 Å². The Morgan fingerprint density at radius 3 is 2.88 bits per heavy atom. The molecule has 0 bridgehead atoms. The number of aryl methyl sites for hydroxylation is 1. The lowest BCUT2D eigenvalue weighted by Gasteiger charge is -2.23. The second-order valence-electron chi connectivity index (χ2n) is 4.90. The molecular formula is C11H12B2N2O2. The first-order valence-corrected chi connectivity index (χ1v) is 5.61. The Bertz CT molecular complexity index is 634. The van der Waals surface area contributed by atoms with E-state index in [4.69, 9.17) is 4.84 Å². The number of hydrogen-bond donors (Lipinski definition) is 2. The molecule has 1 aromatic carbocycles. The van der Waals surface area contributed by atoms with Crippen LogP contribution in [0.5, 0.6) is 0 Å². The summed E-state index contributed by atoms with van der Waals surface area (Å²) in [5.41, 5.74) is 6.22. The van der Waals surface area contributed by atoms with E-state index in [1.54, 1.807) is 0 Å². The highest BCUT2D eigenvalue weighted by molar-refractivity contribution is 6.40. The van der Waals surface area contributed by atoms with E-state index in [-0.39, 0.29) is 5.91 Å². The predicted molar refractivity (Wildman–Crippen MR) is 70.4 cm³/mol. The third-order valence-electron chi connectivity index (χ3n) is 3.26. The summed E-state index contributed by atoms with van der Waals surface area (Å²) in [7, 11) is 3.90. The molecule has 1 amide bonds. The van der Waals surface area contributed by atoms with E-state index in [9.17, 15) is 4.79 Å². The monoisotopic (exact) mass is 226 g/mol. The van der Waals surface area contributed by atoms with E-state index in [0.717, 1.165) is 22.2 Å². The van der Waals surface area contributed by atoms with Gasteiger partial charge in [0.15, 0.2) is 0 Å². The highest BCUT2D eigenvalue weighted by Gasteiger charge is 2.33. The molecule has 0 saturated heterocycles. The van der Waals surface area contributed by atoms with Gasteiger partial charge in [-0.1, -0.05) is 6.07 Å². The SMILES string of the molecule is BC1(B)ONC(=O)c2cccc3[nH]c(C)c1c23. The minimum absolute atomic E-state index is 0.193. The van der Waals surface area contributed by atoms with Crippen molar-refractivity contribution < 1.29 is 9.63 Å². The number of H-pyrrole nitrogens is 1. The molecule has 2 N–H and O–H groups in total. The van der Waals surface area contributed by atoms with Crippen LogP contribution < -0.4 is 5.48 Å². The van der Waals surface area contributed by atoms with Gasteiger partial charge in [-0.3, -0.25) is 9.63 Å². The summed E-state index contributed by atoms with van der Waals surface area (Å²) >= 11 is 0. The Labute approximate surface area is 100 Å². The molecule has 2 heterocycles. The van der Waals surface area contributed by atoms with Crippen LogP contribution in [0.15, 0.2) is 18.2 Å². The number of carbonyl (C=O) groups excluding carboxylic acids is 1. The van der Waals surface area contributed by atoms with E-state index in [1.165, 1.54) is 0 Å². The topological polar surface area (TPSA) is 54.1 Å². The van der Waals surface area contributed by atoms with Gasteiger partial charge in [-0.05, 0) is 24.6 Å². The van der Waals surface area contributed by atoms with Crippen molar-refractivity contribution in [2.75, 3.05) is 0 Å². The maximum Gasteiger partial charge on any atom is 0.275 e. The van der Waals surface area contributed by atoms with Crippen LogP contribution in [0.4, 0.5) is 0 Å². The molecule has 0 aliphatic carbocycles. The summed E-state index contributed by atoms with van der Waals surface area (Å²) in [6, 6.07) is 5.67. The minimum atomic E-state index is -0.537. The molecule has 0 radical (unpaired) electrons. The molecule has 17 heavy (non-hydrogen) atoms. The Morgan fingerprint density at radius 1 is 1.35 bits per heavy atom. The fraction of sp³-hybridized carbons (Fsp3) is 0.182. The van der Waals surface area contributed by atoms with E-state index < -0.39 is 5.40 Å². The second-order valence-corrected chi connectivity index (χ2v) is 4.90. The molecule has 2 aromatic rings. The average Bonchev–Trinajstić information content (AvgIpc) is 2.56. The number of carbonyl (C=O) groups is 1. The third kappa shape index (κ3) is 1.34. The molecule has 0 fully saturated rings. The van der Waals surface area contributed by atoms with Crippen LogP contribution in [0.2, 0.25) is 0 Å². The number of aromatic amines is 1. The van der Waals surface area contributed by atoms with Gasteiger partial charge in [0.25, 0.3) is 5.91 Å². The number of hydroxylamine groups is 1. The molecule has 0 spiro atoms. The normalized spacial score (nSPS) is 17.8. The number of nitrogens with one attached hydrogen (secondary N) is 2. The Balaban J connectivity index is 2.50. The largest absolute Gasteiger partial charge is 0.358 e. The number of benzene rings is 1. The molecule has 0 unspecified atom stereocenters. The zero-order chi connectivity index (χ0) is 12.2.